The molecule has 0 bridgehead atoms. The van der Waals surface area contributed by atoms with Crippen LogP contribution < -0.4 is 10.1 Å². The molecule has 1 atom stereocenters. The van der Waals surface area contributed by atoms with Crippen molar-refractivity contribution >= 4 is 38.2 Å². The first-order chi connectivity index (χ1) is 19.4. The number of anilines is 1. The van der Waals surface area contributed by atoms with E-state index in [2.05, 4.69) is 15.5 Å². The van der Waals surface area contributed by atoms with Crippen LogP contribution in [0.3, 0.4) is 0 Å². The fraction of sp³-hybridized carbons (Fsp3) is 0.286. The number of halogens is 4. The molecule has 0 amide bonds. The Bertz CT molecular complexity index is 1650. The molecule has 0 saturated carbocycles. The predicted octanol–water partition coefficient (Wildman–Crippen LogP) is 5.30. The van der Waals surface area contributed by atoms with E-state index in [0.29, 0.717) is 48.4 Å². The van der Waals surface area contributed by atoms with E-state index in [0.717, 1.165) is 0 Å². The molecular formula is C28H26ClF3N4O4S. The number of aliphatic hydroxyl groups is 1. The third kappa shape index (κ3) is 5.56. The molecule has 0 radical (unpaired) electrons. The molecule has 1 aliphatic heterocycles. The zero-order chi connectivity index (χ0) is 29.4. The standard InChI is InChI=1S/C28H26ClF3N4O4S/c1-40-23-9-4-19(5-10-23)27(37,18-2-7-21(29)8-3-18)20-6-11-25-24(16-20)26(17-33-35-25)34-22-12-14-36(15-13-22)41(38,39)28(30,31)32/h2-11,16-17,22,37H,12-15H2,1H3,(H,34,35). The van der Waals surface area contributed by atoms with Crippen LogP contribution in [0.2, 0.25) is 5.02 Å². The minimum atomic E-state index is -5.37. The van der Waals surface area contributed by atoms with E-state index in [9.17, 15) is 26.7 Å². The Balaban J connectivity index is 1.50. The first kappa shape index (κ1) is 29.1. The van der Waals surface area contributed by atoms with Gasteiger partial charge in [0.25, 0.3) is 0 Å². The molecule has 1 aliphatic rings. The van der Waals surface area contributed by atoms with Gasteiger partial charge in [0, 0.05) is 29.5 Å². The number of benzene rings is 3. The molecule has 1 fully saturated rings. The maximum atomic E-state index is 13.0. The van der Waals surface area contributed by atoms with E-state index in [1.807, 2.05) is 0 Å². The minimum absolute atomic E-state index is 0.166. The number of nitrogens with zero attached hydrogens (tertiary/aromatic N) is 3. The lowest BCUT2D eigenvalue weighted by Gasteiger charge is -2.33. The number of fused-ring (bicyclic) bond motifs is 1. The molecule has 0 spiro atoms. The van der Waals surface area contributed by atoms with E-state index in [1.54, 1.807) is 73.8 Å². The van der Waals surface area contributed by atoms with Crippen LogP contribution in [0.4, 0.5) is 18.9 Å². The van der Waals surface area contributed by atoms with Crippen molar-refractivity contribution in [2.75, 3.05) is 25.5 Å². The summed E-state index contributed by atoms with van der Waals surface area (Å²) in [5.41, 5.74) is -4.16. The second kappa shape index (κ2) is 11.1. The summed E-state index contributed by atoms with van der Waals surface area (Å²) in [5.74, 6) is 0.626. The van der Waals surface area contributed by atoms with E-state index in [-0.39, 0.29) is 32.0 Å². The van der Waals surface area contributed by atoms with Crippen LogP contribution in [0, 0.1) is 0 Å². The summed E-state index contributed by atoms with van der Waals surface area (Å²) in [6.45, 7) is -0.538. The zero-order valence-corrected chi connectivity index (χ0v) is 23.3. The third-order valence-electron chi connectivity index (χ3n) is 7.27. The highest BCUT2D eigenvalue weighted by molar-refractivity contribution is 7.90. The molecule has 1 saturated heterocycles. The number of sulfonamides is 1. The predicted molar refractivity (Wildman–Crippen MR) is 149 cm³/mol. The highest BCUT2D eigenvalue weighted by atomic mass is 35.5. The monoisotopic (exact) mass is 606 g/mol. The van der Waals surface area contributed by atoms with Crippen molar-refractivity contribution in [1.29, 1.82) is 0 Å². The highest BCUT2D eigenvalue weighted by Gasteiger charge is 2.50. The summed E-state index contributed by atoms with van der Waals surface area (Å²) in [7, 11) is -3.82. The largest absolute Gasteiger partial charge is 0.511 e. The maximum Gasteiger partial charge on any atom is 0.511 e. The van der Waals surface area contributed by atoms with E-state index >= 15 is 0 Å². The van der Waals surface area contributed by atoms with Gasteiger partial charge in [-0.15, -0.1) is 0 Å². The number of hydrogen-bond donors (Lipinski definition) is 2. The molecule has 3 aromatic carbocycles. The van der Waals surface area contributed by atoms with Crippen molar-refractivity contribution in [3.63, 3.8) is 0 Å². The third-order valence-corrected chi connectivity index (χ3v) is 9.15. The van der Waals surface area contributed by atoms with Gasteiger partial charge in [0.15, 0.2) is 0 Å². The number of piperidine rings is 1. The fourth-order valence-corrected chi connectivity index (χ4v) is 6.14. The van der Waals surface area contributed by atoms with Gasteiger partial charge in [0.05, 0.1) is 24.5 Å². The average molecular weight is 607 g/mol. The molecule has 1 unspecified atom stereocenters. The summed E-state index contributed by atoms with van der Waals surface area (Å²) in [6.07, 6.45) is 1.83. The Kier molecular flexibility index (Phi) is 7.86. The Morgan fingerprint density at radius 3 is 2.15 bits per heavy atom. The molecule has 13 heteroatoms. The normalized spacial score (nSPS) is 16.8. The smallest absolute Gasteiger partial charge is 0.497 e. The average Bonchev–Trinajstić information content (AvgIpc) is 2.97. The molecule has 1 aromatic heterocycles. The van der Waals surface area contributed by atoms with Crippen LogP contribution >= 0.6 is 11.6 Å². The quantitative estimate of drug-likeness (QED) is 0.275. The number of rotatable bonds is 7. The van der Waals surface area contributed by atoms with Crippen molar-refractivity contribution in [3.8, 4) is 5.75 Å². The SMILES string of the molecule is COc1ccc(C(O)(c2ccc(Cl)cc2)c2ccc3nncc(NC4CCN(S(=O)(=O)C(F)(F)F)CC4)c3c2)cc1. The second-order valence-corrected chi connectivity index (χ2v) is 12.1. The van der Waals surface area contributed by atoms with Gasteiger partial charge in [0.2, 0.25) is 0 Å². The van der Waals surface area contributed by atoms with Crippen molar-refractivity contribution in [3.05, 3.63) is 94.6 Å². The maximum absolute atomic E-state index is 13.0. The summed E-state index contributed by atoms with van der Waals surface area (Å²) < 4.78 is 68.3. The van der Waals surface area contributed by atoms with Crippen molar-refractivity contribution < 1.29 is 31.4 Å². The van der Waals surface area contributed by atoms with Gasteiger partial charge < -0.3 is 15.2 Å². The highest BCUT2D eigenvalue weighted by Crippen LogP contribution is 2.40. The lowest BCUT2D eigenvalue weighted by Crippen LogP contribution is -2.47. The Morgan fingerprint density at radius 1 is 0.976 bits per heavy atom. The lowest BCUT2D eigenvalue weighted by atomic mass is 9.80. The first-order valence-electron chi connectivity index (χ1n) is 12.7. The number of ether oxygens (including phenoxy) is 1. The van der Waals surface area contributed by atoms with E-state index in [1.165, 1.54) is 6.20 Å². The van der Waals surface area contributed by atoms with Gasteiger partial charge in [-0.25, -0.2) is 8.42 Å². The summed E-state index contributed by atoms with van der Waals surface area (Å²) in [5, 5.41) is 25.0. The van der Waals surface area contributed by atoms with Gasteiger partial charge in [-0.1, -0.05) is 41.9 Å². The van der Waals surface area contributed by atoms with Crippen LogP contribution in [0.15, 0.2) is 72.9 Å². The topological polar surface area (TPSA) is 105 Å². The summed E-state index contributed by atoms with van der Waals surface area (Å²) in [6, 6.07) is 18.9. The van der Waals surface area contributed by atoms with Crippen LogP contribution in [0.1, 0.15) is 29.5 Å². The van der Waals surface area contributed by atoms with Gasteiger partial charge in [-0.05, 0) is 65.9 Å². The molecular weight excluding hydrogens is 581 g/mol. The molecule has 0 aliphatic carbocycles. The Hall–Kier alpha value is -3.45. The van der Waals surface area contributed by atoms with Gasteiger partial charge >= 0.3 is 15.5 Å². The first-order valence-corrected chi connectivity index (χ1v) is 14.5. The second-order valence-electron chi connectivity index (χ2n) is 9.70. The molecule has 216 valence electrons. The summed E-state index contributed by atoms with van der Waals surface area (Å²) >= 11 is 6.13. The number of hydrogen-bond acceptors (Lipinski definition) is 7. The minimum Gasteiger partial charge on any atom is -0.497 e. The van der Waals surface area contributed by atoms with Gasteiger partial charge in [-0.3, -0.25) is 0 Å². The van der Waals surface area contributed by atoms with Crippen molar-refractivity contribution in [2.45, 2.75) is 30.0 Å². The molecule has 5 rings (SSSR count). The molecule has 8 nitrogen and oxygen atoms in total. The van der Waals surface area contributed by atoms with Crippen LogP contribution in [-0.2, 0) is 15.6 Å². The molecule has 2 N–H and O–H groups in total. The van der Waals surface area contributed by atoms with Crippen LogP contribution in [0.5, 0.6) is 5.75 Å². The van der Waals surface area contributed by atoms with Gasteiger partial charge in [-0.2, -0.15) is 27.7 Å². The fourth-order valence-electron chi connectivity index (χ4n) is 5.03. The Labute approximate surface area is 239 Å². The van der Waals surface area contributed by atoms with Gasteiger partial charge in [0.1, 0.15) is 11.4 Å². The van der Waals surface area contributed by atoms with Crippen molar-refractivity contribution in [2.24, 2.45) is 0 Å². The summed E-state index contributed by atoms with van der Waals surface area (Å²) in [4.78, 5) is 0. The zero-order valence-electron chi connectivity index (χ0n) is 21.8. The molecule has 4 aromatic rings. The number of nitrogens with one attached hydrogen (secondary N) is 1. The van der Waals surface area contributed by atoms with E-state index < -0.39 is 21.1 Å². The van der Waals surface area contributed by atoms with E-state index in [4.69, 9.17) is 16.3 Å². The number of alkyl halides is 3. The number of methoxy groups -OCH3 is 1. The molecule has 41 heavy (non-hydrogen) atoms. The van der Waals surface area contributed by atoms with Crippen molar-refractivity contribution in [1.82, 2.24) is 14.5 Å². The number of aromatic nitrogens is 2. The Morgan fingerprint density at radius 2 is 1.56 bits per heavy atom. The van der Waals surface area contributed by atoms with Crippen LogP contribution in [-0.4, -0.2) is 59.8 Å². The lowest BCUT2D eigenvalue weighted by molar-refractivity contribution is -0.0494. The molecule has 2 heterocycles. The van der Waals surface area contributed by atoms with Crippen LogP contribution in [0.25, 0.3) is 10.9 Å².